The summed E-state index contributed by atoms with van der Waals surface area (Å²) in [5.74, 6) is -0.835. The Hall–Kier alpha value is -1.94. The molecule has 114 valence electrons. The molecule has 21 heavy (non-hydrogen) atoms. The van der Waals surface area contributed by atoms with Crippen molar-refractivity contribution in [1.82, 2.24) is 25.1 Å². The molecule has 1 fully saturated rings. The molecule has 0 saturated carbocycles. The molecule has 0 bridgehead atoms. The zero-order valence-electron chi connectivity index (χ0n) is 10.9. The van der Waals surface area contributed by atoms with Crippen molar-refractivity contribution < 1.29 is 17.9 Å². The quantitative estimate of drug-likeness (QED) is 0.862. The third-order valence-corrected chi connectivity index (χ3v) is 3.03. The van der Waals surface area contributed by atoms with E-state index in [9.17, 15) is 13.2 Å². The predicted octanol–water partition coefficient (Wildman–Crippen LogP) is 0.543. The Labute approximate surface area is 117 Å². The van der Waals surface area contributed by atoms with E-state index in [1.807, 2.05) is 0 Å². The van der Waals surface area contributed by atoms with Gasteiger partial charge in [0.1, 0.15) is 5.82 Å². The topological polar surface area (TPSA) is 76.4 Å². The van der Waals surface area contributed by atoms with Gasteiger partial charge in [0.05, 0.1) is 12.7 Å². The Morgan fingerprint density at radius 3 is 2.95 bits per heavy atom. The van der Waals surface area contributed by atoms with Crippen molar-refractivity contribution in [2.75, 3.05) is 31.6 Å². The summed E-state index contributed by atoms with van der Waals surface area (Å²) in [4.78, 5) is 0. The molecular formula is C11H13F3N6O. The van der Waals surface area contributed by atoms with Crippen LogP contribution < -0.4 is 10.6 Å². The van der Waals surface area contributed by atoms with Crippen molar-refractivity contribution in [3.05, 3.63) is 18.0 Å². The molecular weight excluding hydrogens is 289 g/mol. The van der Waals surface area contributed by atoms with Gasteiger partial charge >= 0.3 is 6.18 Å². The first-order valence-electron chi connectivity index (χ1n) is 6.40. The van der Waals surface area contributed by atoms with E-state index in [0.717, 1.165) is 6.54 Å². The van der Waals surface area contributed by atoms with Crippen LogP contribution in [0.1, 0.15) is 5.82 Å². The molecule has 1 saturated heterocycles. The lowest BCUT2D eigenvalue weighted by atomic mass is 10.3. The normalized spacial score (nSPS) is 19.9. The lowest BCUT2D eigenvalue weighted by Crippen LogP contribution is -2.42. The van der Waals surface area contributed by atoms with Gasteiger partial charge in [0.15, 0.2) is 5.65 Å². The Bertz CT molecular complexity index is 622. The predicted molar refractivity (Wildman–Crippen MR) is 66.9 cm³/mol. The average molecular weight is 302 g/mol. The van der Waals surface area contributed by atoms with Gasteiger partial charge in [0, 0.05) is 19.6 Å². The fraction of sp³-hybridized carbons (Fsp3) is 0.545. The highest BCUT2D eigenvalue weighted by molar-refractivity contribution is 5.44. The number of rotatable bonds is 3. The summed E-state index contributed by atoms with van der Waals surface area (Å²) < 4.78 is 44.4. The van der Waals surface area contributed by atoms with E-state index in [1.165, 1.54) is 6.07 Å². The number of morpholine rings is 1. The molecule has 0 aromatic carbocycles. The first-order valence-corrected chi connectivity index (χ1v) is 6.40. The SMILES string of the molecule is FC(F)(F)c1nnc2ccc(NCC3CNCCO3)nn12. The maximum absolute atomic E-state index is 12.7. The van der Waals surface area contributed by atoms with Crippen LogP contribution in [0, 0.1) is 0 Å². The number of alkyl halides is 3. The number of hydrogen-bond donors (Lipinski definition) is 2. The second-order valence-corrected chi connectivity index (χ2v) is 4.59. The number of hydrogen-bond acceptors (Lipinski definition) is 6. The lowest BCUT2D eigenvalue weighted by molar-refractivity contribution is -0.146. The second-order valence-electron chi connectivity index (χ2n) is 4.59. The number of aromatic nitrogens is 4. The van der Waals surface area contributed by atoms with E-state index in [0.29, 0.717) is 30.0 Å². The minimum Gasteiger partial charge on any atom is -0.374 e. The van der Waals surface area contributed by atoms with Crippen LogP contribution >= 0.6 is 0 Å². The minimum absolute atomic E-state index is 0.0424. The highest BCUT2D eigenvalue weighted by Crippen LogP contribution is 2.27. The smallest absolute Gasteiger partial charge is 0.374 e. The van der Waals surface area contributed by atoms with Crippen LogP contribution in [0.25, 0.3) is 5.65 Å². The first-order chi connectivity index (χ1) is 10.0. The van der Waals surface area contributed by atoms with Gasteiger partial charge in [-0.3, -0.25) is 0 Å². The van der Waals surface area contributed by atoms with E-state index < -0.39 is 12.0 Å². The average Bonchev–Trinajstić information content (AvgIpc) is 2.89. The van der Waals surface area contributed by atoms with Gasteiger partial charge in [-0.25, -0.2) is 0 Å². The molecule has 2 aromatic heterocycles. The summed E-state index contributed by atoms with van der Waals surface area (Å²) in [7, 11) is 0. The van der Waals surface area contributed by atoms with Gasteiger partial charge in [-0.15, -0.1) is 15.3 Å². The van der Waals surface area contributed by atoms with Crippen molar-refractivity contribution in [2.24, 2.45) is 0 Å². The summed E-state index contributed by atoms with van der Waals surface area (Å²) in [6.07, 6.45) is -4.64. The summed E-state index contributed by atoms with van der Waals surface area (Å²) in [6, 6.07) is 2.98. The van der Waals surface area contributed by atoms with Crippen molar-refractivity contribution >= 4 is 11.5 Å². The van der Waals surface area contributed by atoms with E-state index in [1.54, 1.807) is 6.07 Å². The molecule has 1 aliphatic rings. The molecule has 7 nitrogen and oxygen atoms in total. The van der Waals surface area contributed by atoms with Crippen LogP contribution in [0.4, 0.5) is 19.0 Å². The van der Waals surface area contributed by atoms with E-state index in [-0.39, 0.29) is 11.8 Å². The highest BCUT2D eigenvalue weighted by Gasteiger charge is 2.37. The number of ether oxygens (including phenoxy) is 1. The zero-order valence-corrected chi connectivity index (χ0v) is 10.9. The van der Waals surface area contributed by atoms with Crippen LogP contribution in [0.5, 0.6) is 0 Å². The molecule has 2 aromatic rings. The highest BCUT2D eigenvalue weighted by atomic mass is 19.4. The fourth-order valence-electron chi connectivity index (χ4n) is 2.03. The van der Waals surface area contributed by atoms with Gasteiger partial charge in [0.2, 0.25) is 0 Å². The zero-order chi connectivity index (χ0) is 14.9. The second kappa shape index (κ2) is 5.45. The largest absolute Gasteiger partial charge is 0.453 e. The van der Waals surface area contributed by atoms with Crippen molar-refractivity contribution in [3.8, 4) is 0 Å². The summed E-state index contributed by atoms with van der Waals surface area (Å²) in [5, 5.41) is 16.6. The van der Waals surface area contributed by atoms with Gasteiger partial charge in [-0.1, -0.05) is 0 Å². The number of nitrogens with one attached hydrogen (secondary N) is 2. The molecule has 0 spiro atoms. The van der Waals surface area contributed by atoms with Crippen LogP contribution in [-0.4, -0.2) is 52.2 Å². The molecule has 0 radical (unpaired) electrons. The number of anilines is 1. The maximum atomic E-state index is 12.7. The Morgan fingerprint density at radius 2 is 2.24 bits per heavy atom. The maximum Gasteiger partial charge on any atom is 0.453 e. The van der Waals surface area contributed by atoms with Gasteiger partial charge < -0.3 is 15.4 Å². The molecule has 3 rings (SSSR count). The first kappa shape index (κ1) is 14.0. The molecule has 10 heteroatoms. The summed E-state index contributed by atoms with van der Waals surface area (Å²) >= 11 is 0. The van der Waals surface area contributed by atoms with Gasteiger partial charge in [-0.05, 0) is 12.1 Å². The molecule has 0 amide bonds. The number of nitrogens with zero attached hydrogens (tertiary/aromatic N) is 4. The molecule has 2 N–H and O–H groups in total. The van der Waals surface area contributed by atoms with E-state index in [2.05, 4.69) is 25.9 Å². The van der Waals surface area contributed by atoms with Crippen LogP contribution in [0.2, 0.25) is 0 Å². The lowest BCUT2D eigenvalue weighted by Gasteiger charge is -2.23. The standard InChI is InChI=1S/C11H13F3N6O/c12-11(13,14)10-18-17-9-2-1-8(19-20(9)10)16-6-7-5-15-3-4-21-7/h1-2,7,15H,3-6H2,(H,16,19). The molecule has 1 atom stereocenters. The minimum atomic E-state index is -4.60. The Kier molecular flexibility index (Phi) is 3.64. The van der Waals surface area contributed by atoms with Crippen molar-refractivity contribution in [3.63, 3.8) is 0 Å². The van der Waals surface area contributed by atoms with Gasteiger partial charge in [0.25, 0.3) is 5.82 Å². The van der Waals surface area contributed by atoms with Crippen LogP contribution in [-0.2, 0) is 10.9 Å². The van der Waals surface area contributed by atoms with Crippen molar-refractivity contribution in [1.29, 1.82) is 0 Å². The van der Waals surface area contributed by atoms with E-state index in [4.69, 9.17) is 4.74 Å². The monoisotopic (exact) mass is 302 g/mol. The molecule has 1 unspecified atom stereocenters. The summed E-state index contributed by atoms with van der Waals surface area (Å²) in [6.45, 7) is 2.56. The molecule has 3 heterocycles. The Morgan fingerprint density at radius 1 is 1.38 bits per heavy atom. The third kappa shape index (κ3) is 3.05. The van der Waals surface area contributed by atoms with Crippen LogP contribution in [0.3, 0.4) is 0 Å². The number of halogens is 3. The fourth-order valence-corrected chi connectivity index (χ4v) is 2.03. The van der Waals surface area contributed by atoms with Crippen LogP contribution in [0.15, 0.2) is 12.1 Å². The molecule has 1 aliphatic heterocycles. The molecule has 0 aliphatic carbocycles. The Balaban J connectivity index is 1.76. The van der Waals surface area contributed by atoms with Crippen molar-refractivity contribution in [2.45, 2.75) is 12.3 Å². The number of fused-ring (bicyclic) bond motifs is 1. The summed E-state index contributed by atoms with van der Waals surface area (Å²) in [5.41, 5.74) is 0.0449. The van der Waals surface area contributed by atoms with Gasteiger partial charge in [-0.2, -0.15) is 17.7 Å². The third-order valence-electron chi connectivity index (χ3n) is 3.03. The van der Waals surface area contributed by atoms with E-state index >= 15 is 0 Å².